The molecule has 0 aliphatic rings. The minimum atomic E-state index is -3.19. The van der Waals surface area contributed by atoms with E-state index in [0.29, 0.717) is 5.69 Å². The highest BCUT2D eigenvalue weighted by atomic mass is 32.2. The molecule has 1 rings (SSSR count). The van der Waals surface area contributed by atoms with Gasteiger partial charge in [-0.3, -0.25) is 0 Å². The van der Waals surface area contributed by atoms with Gasteiger partial charge in [0.15, 0.2) is 15.7 Å². The number of rotatable bonds is 4. The van der Waals surface area contributed by atoms with E-state index in [0.717, 1.165) is 6.26 Å². The lowest BCUT2D eigenvalue weighted by molar-refractivity contribution is 0.316. The van der Waals surface area contributed by atoms with Gasteiger partial charge in [0.2, 0.25) is 0 Å². The number of hydrogen-bond donors (Lipinski definition) is 3. The van der Waals surface area contributed by atoms with Gasteiger partial charge < -0.3 is 16.3 Å². The van der Waals surface area contributed by atoms with Crippen molar-refractivity contribution in [2.45, 2.75) is 17.9 Å². The Labute approximate surface area is 100 Å². The second-order valence-corrected chi connectivity index (χ2v) is 5.70. The Bertz CT molecular complexity index is 508. The highest BCUT2D eigenvalue weighted by Crippen LogP contribution is 2.14. The molecule has 0 aromatic heterocycles. The molecular formula is C10H15N3O3S. The number of hydrogen-bond acceptors (Lipinski definition) is 5. The van der Waals surface area contributed by atoms with Crippen molar-refractivity contribution in [2.75, 3.05) is 11.6 Å². The van der Waals surface area contributed by atoms with Gasteiger partial charge >= 0.3 is 0 Å². The normalized spacial score (nSPS) is 14.4. The molecule has 0 radical (unpaired) electrons. The molecule has 17 heavy (non-hydrogen) atoms. The Morgan fingerprint density at radius 3 is 2.35 bits per heavy atom. The van der Waals surface area contributed by atoms with Crippen molar-refractivity contribution in [1.29, 1.82) is 0 Å². The molecule has 1 aromatic rings. The van der Waals surface area contributed by atoms with E-state index in [1.54, 1.807) is 19.1 Å². The topological polar surface area (TPSA) is 105 Å². The van der Waals surface area contributed by atoms with Gasteiger partial charge in [-0.05, 0) is 31.2 Å². The summed E-state index contributed by atoms with van der Waals surface area (Å²) in [6.45, 7) is 1.72. The number of nitrogens with one attached hydrogen (secondary N) is 1. The molecule has 0 aliphatic carbocycles. The van der Waals surface area contributed by atoms with Crippen molar-refractivity contribution in [3.05, 3.63) is 24.3 Å². The number of nitrogens with two attached hydrogens (primary N) is 1. The zero-order chi connectivity index (χ0) is 13.1. The van der Waals surface area contributed by atoms with Crippen LogP contribution in [-0.4, -0.2) is 31.8 Å². The summed E-state index contributed by atoms with van der Waals surface area (Å²) in [5, 5.41) is 14.3. The summed E-state index contributed by atoms with van der Waals surface area (Å²) in [5.74, 6) is 0.0530. The molecule has 0 saturated carbocycles. The van der Waals surface area contributed by atoms with Crippen LogP contribution in [-0.2, 0) is 9.84 Å². The lowest BCUT2D eigenvalue weighted by Gasteiger charge is -2.13. The summed E-state index contributed by atoms with van der Waals surface area (Å²) in [6.07, 6.45) is 1.15. The van der Waals surface area contributed by atoms with Crippen LogP contribution in [0.4, 0.5) is 5.69 Å². The van der Waals surface area contributed by atoms with Gasteiger partial charge in [-0.25, -0.2) is 8.42 Å². The van der Waals surface area contributed by atoms with Crippen LogP contribution in [0.1, 0.15) is 6.92 Å². The molecule has 0 heterocycles. The summed E-state index contributed by atoms with van der Waals surface area (Å²) in [5.41, 5.74) is 6.10. The number of amidine groups is 1. The average molecular weight is 257 g/mol. The van der Waals surface area contributed by atoms with Crippen molar-refractivity contribution >= 4 is 21.4 Å². The van der Waals surface area contributed by atoms with Crippen LogP contribution in [0.2, 0.25) is 0 Å². The summed E-state index contributed by atoms with van der Waals surface area (Å²) >= 11 is 0. The largest absolute Gasteiger partial charge is 0.409 e. The van der Waals surface area contributed by atoms with Gasteiger partial charge in [-0.1, -0.05) is 5.16 Å². The standard InChI is InChI=1S/C10H15N3O3S/c1-7(10(11)13-14)12-8-3-5-9(6-4-8)17(2,15)16/h3-7,12,14H,1-2H3,(H2,11,13). The van der Waals surface area contributed by atoms with E-state index in [9.17, 15) is 8.42 Å². The van der Waals surface area contributed by atoms with E-state index >= 15 is 0 Å². The molecule has 0 fully saturated rings. The van der Waals surface area contributed by atoms with Crippen LogP contribution in [0.5, 0.6) is 0 Å². The molecule has 0 amide bonds. The summed E-state index contributed by atoms with van der Waals surface area (Å²) in [4.78, 5) is 0.250. The van der Waals surface area contributed by atoms with Crippen LogP contribution < -0.4 is 11.1 Å². The zero-order valence-corrected chi connectivity index (χ0v) is 10.4. The van der Waals surface area contributed by atoms with Crippen molar-refractivity contribution < 1.29 is 13.6 Å². The Morgan fingerprint density at radius 2 is 1.94 bits per heavy atom. The van der Waals surface area contributed by atoms with Crippen molar-refractivity contribution in [2.24, 2.45) is 10.9 Å². The quantitative estimate of drug-likeness (QED) is 0.318. The molecule has 0 aliphatic heterocycles. The van der Waals surface area contributed by atoms with E-state index < -0.39 is 9.84 Å². The maximum atomic E-state index is 11.2. The smallest absolute Gasteiger partial charge is 0.175 e. The van der Waals surface area contributed by atoms with Crippen molar-refractivity contribution in [3.63, 3.8) is 0 Å². The Balaban J connectivity index is 2.83. The summed E-state index contributed by atoms with van der Waals surface area (Å²) in [7, 11) is -3.19. The lowest BCUT2D eigenvalue weighted by atomic mass is 10.2. The van der Waals surface area contributed by atoms with E-state index in [1.165, 1.54) is 12.1 Å². The van der Waals surface area contributed by atoms with Crippen LogP contribution in [0.3, 0.4) is 0 Å². The van der Waals surface area contributed by atoms with Crippen LogP contribution in [0, 0.1) is 0 Å². The molecule has 0 bridgehead atoms. The maximum Gasteiger partial charge on any atom is 0.175 e. The third-order valence-electron chi connectivity index (χ3n) is 2.22. The maximum absolute atomic E-state index is 11.2. The second-order valence-electron chi connectivity index (χ2n) is 3.69. The molecule has 4 N–H and O–H groups in total. The van der Waals surface area contributed by atoms with Crippen LogP contribution in [0.15, 0.2) is 34.3 Å². The molecule has 0 saturated heterocycles. The lowest BCUT2D eigenvalue weighted by Crippen LogP contribution is -2.32. The molecule has 6 nitrogen and oxygen atoms in total. The van der Waals surface area contributed by atoms with E-state index in [4.69, 9.17) is 10.9 Å². The van der Waals surface area contributed by atoms with Gasteiger partial charge in [-0.15, -0.1) is 0 Å². The highest BCUT2D eigenvalue weighted by molar-refractivity contribution is 7.90. The first-order valence-electron chi connectivity index (χ1n) is 4.88. The number of anilines is 1. The fourth-order valence-corrected chi connectivity index (χ4v) is 1.84. The first-order valence-corrected chi connectivity index (χ1v) is 6.78. The second kappa shape index (κ2) is 5.05. The minimum Gasteiger partial charge on any atom is -0.409 e. The molecule has 0 spiro atoms. The van der Waals surface area contributed by atoms with Gasteiger partial charge in [0, 0.05) is 11.9 Å². The monoisotopic (exact) mass is 257 g/mol. The first kappa shape index (κ1) is 13.3. The van der Waals surface area contributed by atoms with E-state index in [2.05, 4.69) is 10.5 Å². The molecule has 1 atom stereocenters. The molecule has 7 heteroatoms. The van der Waals surface area contributed by atoms with Crippen molar-refractivity contribution in [3.8, 4) is 0 Å². The van der Waals surface area contributed by atoms with E-state index in [1.807, 2.05) is 0 Å². The number of oxime groups is 1. The SMILES string of the molecule is CC(Nc1ccc(S(C)(=O)=O)cc1)C(N)=NO. The molecular weight excluding hydrogens is 242 g/mol. The predicted molar refractivity (Wildman–Crippen MR) is 66.0 cm³/mol. The Kier molecular flexibility index (Phi) is 3.95. The Morgan fingerprint density at radius 1 is 1.41 bits per heavy atom. The number of sulfone groups is 1. The van der Waals surface area contributed by atoms with Gasteiger partial charge in [0.25, 0.3) is 0 Å². The molecule has 1 unspecified atom stereocenters. The highest BCUT2D eigenvalue weighted by Gasteiger charge is 2.09. The Hall–Kier alpha value is -1.76. The third kappa shape index (κ3) is 3.63. The first-order chi connectivity index (χ1) is 7.84. The zero-order valence-electron chi connectivity index (χ0n) is 9.58. The fourth-order valence-electron chi connectivity index (χ4n) is 1.21. The fraction of sp³-hybridized carbons (Fsp3) is 0.300. The van der Waals surface area contributed by atoms with E-state index in [-0.39, 0.29) is 16.8 Å². The van der Waals surface area contributed by atoms with Crippen LogP contribution in [0.25, 0.3) is 0 Å². The number of benzene rings is 1. The minimum absolute atomic E-state index is 0.0530. The molecule has 1 aromatic carbocycles. The predicted octanol–water partition coefficient (Wildman–Crippen LogP) is 0.637. The van der Waals surface area contributed by atoms with Gasteiger partial charge in [0.05, 0.1) is 10.9 Å². The van der Waals surface area contributed by atoms with Crippen LogP contribution >= 0.6 is 0 Å². The molecule has 94 valence electrons. The number of nitrogens with zero attached hydrogens (tertiary/aromatic N) is 1. The average Bonchev–Trinajstić information content (AvgIpc) is 2.27. The third-order valence-corrected chi connectivity index (χ3v) is 3.35. The van der Waals surface area contributed by atoms with Gasteiger partial charge in [-0.2, -0.15) is 0 Å². The summed E-state index contributed by atoms with van der Waals surface area (Å²) in [6, 6.07) is 5.90. The van der Waals surface area contributed by atoms with Gasteiger partial charge in [0.1, 0.15) is 0 Å². The van der Waals surface area contributed by atoms with Crippen molar-refractivity contribution in [1.82, 2.24) is 0 Å². The summed E-state index contributed by atoms with van der Waals surface area (Å²) < 4.78 is 22.5.